The predicted octanol–water partition coefficient (Wildman–Crippen LogP) is 4.20. The van der Waals surface area contributed by atoms with E-state index in [0.717, 1.165) is 5.56 Å². The van der Waals surface area contributed by atoms with Crippen LogP contribution < -0.4 is 20.8 Å². The number of nitrogens with two attached hydrogens (primary N) is 1. The first-order chi connectivity index (χ1) is 19.6. The Morgan fingerprint density at radius 3 is 2.51 bits per heavy atom. The summed E-state index contributed by atoms with van der Waals surface area (Å²) in [4.78, 5) is 32.3. The number of aromatic nitrogens is 2. The van der Waals surface area contributed by atoms with Crippen LogP contribution in [0.15, 0.2) is 65.7 Å². The lowest BCUT2D eigenvalue weighted by molar-refractivity contribution is -0.145. The number of aliphatic hydroxyl groups is 1. The number of likely N-dealkylation sites (tertiary alicyclic amines) is 1. The first kappa shape index (κ1) is 28.5. The second-order valence-electron chi connectivity index (χ2n) is 10.9. The molecule has 1 aromatic heterocycles. The molecule has 1 aliphatic heterocycles. The lowest BCUT2D eigenvalue weighted by Crippen LogP contribution is -2.52. The standard InChI is InChI=1S/C30H34F2N4O5/c1-40-21-8-5-9-22(16-21)41-26-25(33)28(38)36(19-34-26)18-29(39)12-14-35(15-13-29)27(37)23-10-11-30(31,32)17-24(23)20-6-3-2-4-7-20/h2-9,16,19,23-24,39H,10-15,17-18,33H2,1H3/t23-,24+/m1/s1. The fourth-order valence-electron chi connectivity index (χ4n) is 5.79. The molecule has 9 nitrogen and oxygen atoms in total. The highest BCUT2D eigenvalue weighted by atomic mass is 19.3. The number of hydrogen-bond acceptors (Lipinski definition) is 7. The number of halogens is 2. The van der Waals surface area contributed by atoms with Gasteiger partial charge in [0.25, 0.3) is 5.56 Å². The van der Waals surface area contributed by atoms with Crippen LogP contribution in [0.5, 0.6) is 17.4 Å². The van der Waals surface area contributed by atoms with Crippen molar-refractivity contribution in [3.05, 3.63) is 76.8 Å². The maximum atomic E-state index is 14.3. The van der Waals surface area contributed by atoms with Gasteiger partial charge in [-0.05, 0) is 37.0 Å². The first-order valence-corrected chi connectivity index (χ1v) is 13.7. The first-order valence-electron chi connectivity index (χ1n) is 13.7. The van der Waals surface area contributed by atoms with Crippen LogP contribution in [0.4, 0.5) is 14.5 Å². The molecule has 5 rings (SSSR count). The third-order valence-electron chi connectivity index (χ3n) is 8.13. The number of alkyl halides is 2. The maximum absolute atomic E-state index is 14.3. The quantitative estimate of drug-likeness (QED) is 0.438. The fraction of sp³-hybridized carbons (Fsp3) is 0.433. The zero-order chi connectivity index (χ0) is 29.2. The van der Waals surface area contributed by atoms with Crippen LogP contribution in [0.2, 0.25) is 0 Å². The molecule has 1 amide bonds. The molecule has 2 aliphatic rings. The summed E-state index contributed by atoms with van der Waals surface area (Å²) in [6.07, 6.45) is 1.13. The van der Waals surface area contributed by atoms with Crippen molar-refractivity contribution in [2.45, 2.75) is 56.1 Å². The molecule has 1 saturated heterocycles. The molecule has 3 aromatic rings. The molecular weight excluding hydrogens is 534 g/mol. The van der Waals surface area contributed by atoms with Gasteiger partial charge in [-0.2, -0.15) is 0 Å². The molecular formula is C30H34F2N4O5. The Hall–Kier alpha value is -3.99. The molecule has 0 radical (unpaired) electrons. The van der Waals surface area contributed by atoms with Crippen molar-refractivity contribution < 1.29 is 28.2 Å². The van der Waals surface area contributed by atoms with E-state index in [1.165, 1.54) is 18.0 Å². The van der Waals surface area contributed by atoms with Gasteiger partial charge >= 0.3 is 0 Å². The lowest BCUT2D eigenvalue weighted by Gasteiger charge is -2.42. The number of rotatable bonds is 7. The van der Waals surface area contributed by atoms with Crippen LogP contribution in [0.3, 0.4) is 0 Å². The number of carbonyl (C=O) groups is 1. The highest BCUT2D eigenvalue weighted by molar-refractivity contribution is 5.80. The van der Waals surface area contributed by atoms with Crippen LogP contribution in [0.25, 0.3) is 0 Å². The highest BCUT2D eigenvalue weighted by Gasteiger charge is 2.46. The number of methoxy groups -OCH3 is 1. The van der Waals surface area contributed by atoms with Gasteiger partial charge in [-0.25, -0.2) is 13.8 Å². The van der Waals surface area contributed by atoms with Crippen LogP contribution in [-0.4, -0.2) is 57.2 Å². The summed E-state index contributed by atoms with van der Waals surface area (Å²) >= 11 is 0. The molecule has 0 unspecified atom stereocenters. The van der Waals surface area contributed by atoms with Gasteiger partial charge in [-0.3, -0.25) is 14.2 Å². The van der Waals surface area contributed by atoms with Gasteiger partial charge in [0, 0.05) is 43.8 Å². The summed E-state index contributed by atoms with van der Waals surface area (Å²) in [6.45, 7) is 0.434. The van der Waals surface area contributed by atoms with Crippen molar-refractivity contribution in [1.82, 2.24) is 14.5 Å². The van der Waals surface area contributed by atoms with Crippen LogP contribution in [-0.2, 0) is 11.3 Å². The normalized spacial score (nSPS) is 21.7. The van der Waals surface area contributed by atoms with Gasteiger partial charge in [-0.1, -0.05) is 36.4 Å². The van der Waals surface area contributed by atoms with Gasteiger partial charge < -0.3 is 25.2 Å². The third-order valence-corrected chi connectivity index (χ3v) is 8.13. The van der Waals surface area contributed by atoms with Gasteiger partial charge in [0.15, 0.2) is 5.69 Å². The van der Waals surface area contributed by atoms with Crippen LogP contribution in [0.1, 0.15) is 43.6 Å². The number of nitrogens with zero attached hydrogens (tertiary/aromatic N) is 3. The molecule has 2 atom stereocenters. The minimum atomic E-state index is -2.81. The van der Waals surface area contributed by atoms with Crippen molar-refractivity contribution in [1.29, 1.82) is 0 Å². The number of nitrogen functional groups attached to an aromatic ring is 1. The molecule has 0 spiro atoms. The van der Waals surface area contributed by atoms with Crippen LogP contribution in [0, 0.1) is 5.92 Å². The average Bonchev–Trinajstić information content (AvgIpc) is 2.97. The molecule has 3 N–H and O–H groups in total. The highest BCUT2D eigenvalue weighted by Crippen LogP contribution is 2.46. The van der Waals surface area contributed by atoms with E-state index in [4.69, 9.17) is 15.2 Å². The van der Waals surface area contributed by atoms with Gasteiger partial charge in [0.2, 0.25) is 17.7 Å². The Morgan fingerprint density at radius 1 is 1.10 bits per heavy atom. The van der Waals surface area contributed by atoms with Gasteiger partial charge in [-0.15, -0.1) is 0 Å². The smallest absolute Gasteiger partial charge is 0.280 e. The van der Waals surface area contributed by atoms with E-state index < -0.39 is 28.9 Å². The second kappa shape index (κ2) is 11.5. The largest absolute Gasteiger partial charge is 0.497 e. The summed E-state index contributed by atoms with van der Waals surface area (Å²) in [7, 11) is 1.52. The molecule has 1 aliphatic carbocycles. The number of ether oxygens (including phenoxy) is 2. The molecule has 2 fully saturated rings. The Labute approximate surface area is 236 Å². The Morgan fingerprint density at radius 2 is 1.80 bits per heavy atom. The van der Waals surface area contributed by atoms with E-state index in [1.54, 1.807) is 53.4 Å². The number of benzene rings is 2. The summed E-state index contributed by atoms with van der Waals surface area (Å²) < 4.78 is 40.8. The molecule has 41 heavy (non-hydrogen) atoms. The Balaban J connectivity index is 1.24. The van der Waals surface area contributed by atoms with Crippen molar-refractivity contribution >= 4 is 11.6 Å². The zero-order valence-electron chi connectivity index (χ0n) is 22.8. The maximum Gasteiger partial charge on any atom is 0.280 e. The number of hydrogen-bond donors (Lipinski definition) is 2. The monoisotopic (exact) mass is 568 g/mol. The second-order valence-corrected chi connectivity index (χ2v) is 10.9. The SMILES string of the molecule is COc1cccc(Oc2ncn(CC3(O)CCN(C(=O)[C@@H]4CCC(F)(F)C[C@H]4c4ccccc4)CC3)c(=O)c2N)c1. The summed E-state index contributed by atoms with van der Waals surface area (Å²) in [6, 6.07) is 15.8. The molecule has 1 saturated carbocycles. The van der Waals surface area contributed by atoms with E-state index in [2.05, 4.69) is 4.98 Å². The van der Waals surface area contributed by atoms with Crippen molar-refractivity contribution in [2.75, 3.05) is 25.9 Å². The minimum Gasteiger partial charge on any atom is -0.497 e. The van der Waals surface area contributed by atoms with Gasteiger partial charge in [0.1, 0.15) is 17.8 Å². The molecule has 2 aromatic carbocycles. The van der Waals surface area contributed by atoms with E-state index >= 15 is 0 Å². The van der Waals surface area contributed by atoms with E-state index in [1.807, 2.05) is 6.07 Å². The number of anilines is 1. The zero-order valence-corrected chi connectivity index (χ0v) is 22.8. The van der Waals surface area contributed by atoms with E-state index in [-0.39, 0.29) is 69.2 Å². The number of carbonyl (C=O) groups excluding carboxylic acids is 1. The van der Waals surface area contributed by atoms with Crippen molar-refractivity contribution in [3.63, 3.8) is 0 Å². The van der Waals surface area contributed by atoms with Gasteiger partial charge in [0.05, 0.1) is 19.3 Å². The Bertz CT molecular complexity index is 1440. The summed E-state index contributed by atoms with van der Waals surface area (Å²) in [5, 5.41) is 11.3. The van der Waals surface area contributed by atoms with Crippen molar-refractivity contribution in [3.8, 4) is 17.4 Å². The third kappa shape index (κ3) is 6.35. The topological polar surface area (TPSA) is 120 Å². The molecule has 218 valence electrons. The molecule has 0 bridgehead atoms. The van der Waals surface area contributed by atoms with E-state index in [0.29, 0.717) is 11.5 Å². The fourth-order valence-corrected chi connectivity index (χ4v) is 5.79. The van der Waals surface area contributed by atoms with Crippen LogP contribution >= 0.6 is 0 Å². The molecule has 11 heteroatoms. The average molecular weight is 569 g/mol. The Kier molecular flexibility index (Phi) is 7.99. The number of piperidine rings is 1. The van der Waals surface area contributed by atoms with Crippen molar-refractivity contribution in [2.24, 2.45) is 5.92 Å². The predicted molar refractivity (Wildman–Crippen MR) is 148 cm³/mol. The van der Waals surface area contributed by atoms with E-state index in [9.17, 15) is 23.5 Å². The molecule has 2 heterocycles. The summed E-state index contributed by atoms with van der Waals surface area (Å²) in [5.74, 6) is -3.19. The number of amides is 1. The summed E-state index contributed by atoms with van der Waals surface area (Å²) in [5.41, 5.74) is 4.74. The lowest BCUT2D eigenvalue weighted by atomic mass is 9.73. The minimum absolute atomic E-state index is 0.0575.